The zero-order valence-corrected chi connectivity index (χ0v) is 16.1. The largest absolute Gasteiger partial charge is 0.354 e. The van der Waals surface area contributed by atoms with Gasteiger partial charge in [0.15, 0.2) is 0 Å². The number of nitrogens with one attached hydrogen (secondary N) is 2. The normalized spacial score (nSPS) is 13.3. The van der Waals surface area contributed by atoms with Gasteiger partial charge in [-0.2, -0.15) is 0 Å². The molecule has 6 N–H and O–H groups in total. The Bertz CT molecular complexity index is 623. The molecule has 0 spiro atoms. The fourth-order valence-corrected chi connectivity index (χ4v) is 3.15. The van der Waals surface area contributed by atoms with Crippen molar-refractivity contribution in [3.63, 3.8) is 0 Å². The van der Waals surface area contributed by atoms with Crippen LogP contribution in [0.5, 0.6) is 0 Å². The molecule has 2 rings (SSSR count). The van der Waals surface area contributed by atoms with Gasteiger partial charge in [0.05, 0.1) is 6.04 Å². The lowest BCUT2D eigenvalue weighted by atomic mass is 9.91. The van der Waals surface area contributed by atoms with Crippen LogP contribution in [-0.4, -0.2) is 37.6 Å². The standard InChI is InChI=1S/C22H32N4O/c1-17(15-24)26-21(13-8-14-23)22(27)25-16-20(18-9-4-2-5-10-18)19-11-6-3-7-12-19/h2-7,9-12,17,20-21,26H,8,13-16,23-24H2,1H3,(H,25,27)/t17?,21-/m0/s1. The number of carbonyl (C=O) groups excluding carboxylic acids is 1. The molecule has 2 atom stereocenters. The molecule has 0 fully saturated rings. The number of hydrogen-bond donors (Lipinski definition) is 4. The van der Waals surface area contributed by atoms with Crippen LogP contribution in [0.1, 0.15) is 36.8 Å². The number of carbonyl (C=O) groups is 1. The minimum Gasteiger partial charge on any atom is -0.354 e. The average Bonchev–Trinajstić information content (AvgIpc) is 2.72. The quantitative estimate of drug-likeness (QED) is 0.488. The first-order chi connectivity index (χ1) is 13.2. The topological polar surface area (TPSA) is 93.2 Å². The minimum absolute atomic E-state index is 0.000567. The van der Waals surface area contributed by atoms with Crippen molar-refractivity contribution < 1.29 is 4.79 Å². The van der Waals surface area contributed by atoms with Crippen LogP contribution < -0.4 is 22.1 Å². The summed E-state index contributed by atoms with van der Waals surface area (Å²) in [6.45, 7) is 3.59. The SMILES string of the molecule is CC(CN)N[C@@H](CCCN)C(=O)NCC(c1ccccc1)c1ccccc1. The average molecular weight is 369 g/mol. The number of hydrogen-bond acceptors (Lipinski definition) is 4. The van der Waals surface area contributed by atoms with Crippen LogP contribution in [-0.2, 0) is 4.79 Å². The molecule has 2 aromatic rings. The van der Waals surface area contributed by atoms with Crippen molar-refractivity contribution in [2.24, 2.45) is 11.5 Å². The third-order valence-electron chi connectivity index (χ3n) is 4.74. The van der Waals surface area contributed by atoms with Crippen LogP contribution in [0.25, 0.3) is 0 Å². The molecule has 0 aliphatic carbocycles. The van der Waals surface area contributed by atoms with Gasteiger partial charge in [-0.05, 0) is 37.4 Å². The summed E-state index contributed by atoms with van der Waals surface area (Å²) in [5.74, 6) is 0.110. The van der Waals surface area contributed by atoms with E-state index in [1.807, 2.05) is 43.3 Å². The van der Waals surface area contributed by atoms with Crippen LogP contribution in [0.3, 0.4) is 0 Å². The number of nitrogens with two attached hydrogens (primary N) is 2. The van der Waals surface area contributed by atoms with E-state index in [1.54, 1.807) is 0 Å². The van der Waals surface area contributed by atoms with Gasteiger partial charge >= 0.3 is 0 Å². The predicted molar refractivity (Wildman–Crippen MR) is 111 cm³/mol. The van der Waals surface area contributed by atoms with Gasteiger partial charge in [0.1, 0.15) is 0 Å². The third-order valence-corrected chi connectivity index (χ3v) is 4.74. The van der Waals surface area contributed by atoms with Gasteiger partial charge < -0.3 is 22.1 Å². The van der Waals surface area contributed by atoms with Crippen molar-refractivity contribution >= 4 is 5.91 Å². The smallest absolute Gasteiger partial charge is 0.237 e. The van der Waals surface area contributed by atoms with E-state index >= 15 is 0 Å². The lowest BCUT2D eigenvalue weighted by Crippen LogP contribution is -2.50. The van der Waals surface area contributed by atoms with Crippen LogP contribution >= 0.6 is 0 Å². The van der Waals surface area contributed by atoms with Gasteiger partial charge in [-0.1, -0.05) is 60.7 Å². The van der Waals surface area contributed by atoms with E-state index in [9.17, 15) is 4.79 Å². The second kappa shape index (κ2) is 11.5. The zero-order chi connectivity index (χ0) is 19.5. The summed E-state index contributed by atoms with van der Waals surface area (Å²) in [7, 11) is 0. The molecule has 146 valence electrons. The van der Waals surface area contributed by atoms with Crippen molar-refractivity contribution in [2.45, 2.75) is 37.8 Å². The molecule has 2 aromatic carbocycles. The van der Waals surface area contributed by atoms with E-state index < -0.39 is 0 Å². The highest BCUT2D eigenvalue weighted by molar-refractivity contribution is 5.81. The van der Waals surface area contributed by atoms with E-state index in [0.29, 0.717) is 26.1 Å². The second-order valence-corrected chi connectivity index (χ2v) is 6.91. The molecule has 0 aliphatic rings. The molecule has 0 saturated carbocycles. The van der Waals surface area contributed by atoms with Gasteiger partial charge in [-0.15, -0.1) is 0 Å². The lowest BCUT2D eigenvalue weighted by molar-refractivity contribution is -0.123. The summed E-state index contributed by atoms with van der Waals surface area (Å²) in [6.07, 6.45) is 1.50. The minimum atomic E-state index is -0.278. The first kappa shape index (κ1) is 21.1. The molecule has 5 heteroatoms. The zero-order valence-electron chi connectivity index (χ0n) is 16.1. The van der Waals surface area contributed by atoms with Crippen molar-refractivity contribution in [3.8, 4) is 0 Å². The Kier molecular flexibility index (Phi) is 8.98. The Morgan fingerprint density at radius 1 is 0.963 bits per heavy atom. The molecule has 0 aromatic heterocycles. The van der Waals surface area contributed by atoms with Gasteiger partial charge in [-0.3, -0.25) is 4.79 Å². The molecule has 0 aliphatic heterocycles. The van der Waals surface area contributed by atoms with Gasteiger partial charge in [0.2, 0.25) is 5.91 Å². The van der Waals surface area contributed by atoms with E-state index in [1.165, 1.54) is 11.1 Å². The molecule has 27 heavy (non-hydrogen) atoms. The number of benzene rings is 2. The maximum Gasteiger partial charge on any atom is 0.237 e. The van der Waals surface area contributed by atoms with Gasteiger partial charge in [0, 0.05) is 25.0 Å². The van der Waals surface area contributed by atoms with E-state index in [4.69, 9.17) is 11.5 Å². The van der Waals surface area contributed by atoms with Crippen LogP contribution in [0, 0.1) is 0 Å². The molecule has 5 nitrogen and oxygen atoms in total. The summed E-state index contributed by atoms with van der Waals surface area (Å²) >= 11 is 0. The molecule has 1 amide bonds. The van der Waals surface area contributed by atoms with Crippen molar-refractivity contribution in [1.82, 2.24) is 10.6 Å². The van der Waals surface area contributed by atoms with Crippen molar-refractivity contribution in [2.75, 3.05) is 19.6 Å². The molecule has 1 unspecified atom stereocenters. The highest BCUT2D eigenvalue weighted by Gasteiger charge is 2.21. The lowest BCUT2D eigenvalue weighted by Gasteiger charge is -2.24. The number of rotatable bonds is 11. The fraction of sp³-hybridized carbons (Fsp3) is 0.409. The monoisotopic (exact) mass is 368 g/mol. The Balaban J connectivity index is 2.09. The molecule has 0 bridgehead atoms. The van der Waals surface area contributed by atoms with Crippen LogP contribution in [0.15, 0.2) is 60.7 Å². The summed E-state index contributed by atoms with van der Waals surface area (Å²) in [4.78, 5) is 12.8. The van der Waals surface area contributed by atoms with Crippen molar-refractivity contribution in [1.29, 1.82) is 0 Å². The first-order valence-electron chi connectivity index (χ1n) is 9.69. The Morgan fingerprint density at radius 3 is 2.00 bits per heavy atom. The second-order valence-electron chi connectivity index (χ2n) is 6.91. The predicted octanol–water partition coefficient (Wildman–Crippen LogP) is 1.98. The van der Waals surface area contributed by atoms with E-state index in [-0.39, 0.29) is 23.9 Å². The summed E-state index contributed by atoms with van der Waals surface area (Å²) < 4.78 is 0. The fourth-order valence-electron chi connectivity index (χ4n) is 3.15. The summed E-state index contributed by atoms with van der Waals surface area (Å²) in [5, 5.41) is 6.45. The van der Waals surface area contributed by atoms with E-state index in [0.717, 1.165) is 6.42 Å². The molecule has 0 saturated heterocycles. The van der Waals surface area contributed by atoms with E-state index in [2.05, 4.69) is 34.9 Å². The summed E-state index contributed by atoms with van der Waals surface area (Å²) in [5.41, 5.74) is 13.7. The van der Waals surface area contributed by atoms with Crippen LogP contribution in [0.4, 0.5) is 0 Å². The Hall–Kier alpha value is -2.21. The van der Waals surface area contributed by atoms with Crippen LogP contribution in [0.2, 0.25) is 0 Å². The maximum absolute atomic E-state index is 12.8. The van der Waals surface area contributed by atoms with Gasteiger partial charge in [0.25, 0.3) is 0 Å². The summed E-state index contributed by atoms with van der Waals surface area (Å²) in [6, 6.07) is 20.3. The third kappa shape index (κ3) is 6.79. The first-order valence-corrected chi connectivity index (χ1v) is 9.69. The Morgan fingerprint density at radius 2 is 1.52 bits per heavy atom. The van der Waals surface area contributed by atoms with Crippen molar-refractivity contribution in [3.05, 3.63) is 71.8 Å². The highest BCUT2D eigenvalue weighted by Crippen LogP contribution is 2.23. The molecule has 0 heterocycles. The highest BCUT2D eigenvalue weighted by atomic mass is 16.2. The van der Waals surface area contributed by atoms with Gasteiger partial charge in [-0.25, -0.2) is 0 Å². The molecular weight excluding hydrogens is 336 g/mol. The molecular formula is C22H32N4O. The maximum atomic E-state index is 12.8. The molecule has 0 radical (unpaired) electrons. The number of amides is 1. The Labute approximate surface area is 162 Å².